The molecule has 5 heteroatoms. The summed E-state index contributed by atoms with van der Waals surface area (Å²) < 4.78 is 1.84. The van der Waals surface area contributed by atoms with Gasteiger partial charge in [0.15, 0.2) is 0 Å². The highest BCUT2D eigenvalue weighted by atomic mass is 16.2. The van der Waals surface area contributed by atoms with Crippen LogP contribution in [0.25, 0.3) is 11.0 Å². The zero-order valence-electron chi connectivity index (χ0n) is 17.8. The summed E-state index contributed by atoms with van der Waals surface area (Å²) in [5, 5.41) is 0. The maximum Gasteiger partial charge on any atom is 0.316 e. The average molecular weight is 408 g/mol. The van der Waals surface area contributed by atoms with Crippen molar-refractivity contribution in [2.24, 2.45) is 11.8 Å². The minimum Gasteiger partial charge on any atom is -0.316 e. The van der Waals surface area contributed by atoms with Crippen molar-refractivity contribution < 1.29 is 0 Å². The average Bonchev–Trinajstić information content (AvgIpc) is 2.73. The number of aromatic amines is 1. The fraction of sp³-hybridized carbons (Fsp3) is 0.680. The summed E-state index contributed by atoms with van der Waals surface area (Å²) in [6.45, 7) is 0. The summed E-state index contributed by atoms with van der Waals surface area (Å²) in [5.41, 5.74) is 0.791. The summed E-state index contributed by atoms with van der Waals surface area (Å²) in [6.07, 6.45) is 14.4. The third-order valence-corrected chi connectivity index (χ3v) is 8.72. The number of hydrogen-bond acceptors (Lipinski definition) is 3. The monoisotopic (exact) mass is 407 g/mol. The lowest BCUT2D eigenvalue weighted by Crippen LogP contribution is -2.59. The van der Waals surface area contributed by atoms with Crippen molar-refractivity contribution in [3.8, 4) is 0 Å². The van der Waals surface area contributed by atoms with Gasteiger partial charge in [0.05, 0.1) is 11.0 Å². The standard InChI is InChI=1S/C25H33N3O2/c29-24-25(30)28(23-10-2-1-9-22(23)26-24)21-14-18-7-4-8-19(15-21)27(18)20-12-16-5-3-6-17(11-16)13-20/h1-2,9-10,16-21H,3-8,11-15H2,(H,26,29)/t16-,17+,18-,19+,20+,21+. The van der Waals surface area contributed by atoms with E-state index < -0.39 is 5.56 Å². The van der Waals surface area contributed by atoms with Gasteiger partial charge in [0, 0.05) is 24.2 Å². The predicted molar refractivity (Wildman–Crippen MR) is 119 cm³/mol. The molecule has 4 bridgehead atoms. The van der Waals surface area contributed by atoms with E-state index in [4.69, 9.17) is 0 Å². The van der Waals surface area contributed by atoms with Gasteiger partial charge in [-0.1, -0.05) is 37.8 Å². The molecule has 30 heavy (non-hydrogen) atoms. The minimum atomic E-state index is -0.485. The van der Waals surface area contributed by atoms with Crippen molar-refractivity contribution in [1.82, 2.24) is 14.5 Å². The number of aromatic nitrogens is 2. The second-order valence-electron chi connectivity index (χ2n) is 10.5. The van der Waals surface area contributed by atoms with E-state index in [0.29, 0.717) is 12.1 Å². The van der Waals surface area contributed by atoms with Crippen molar-refractivity contribution >= 4 is 11.0 Å². The van der Waals surface area contributed by atoms with Crippen LogP contribution in [-0.2, 0) is 0 Å². The van der Waals surface area contributed by atoms with Crippen LogP contribution in [0.4, 0.5) is 0 Å². The molecule has 2 saturated heterocycles. The number of fused-ring (bicyclic) bond motifs is 5. The molecule has 2 aliphatic carbocycles. The van der Waals surface area contributed by atoms with Crippen LogP contribution in [0.2, 0.25) is 0 Å². The molecule has 3 heterocycles. The maximum absolute atomic E-state index is 12.9. The number of para-hydroxylation sites is 2. The topological polar surface area (TPSA) is 58.1 Å². The lowest BCUT2D eigenvalue weighted by molar-refractivity contribution is -0.0486. The number of rotatable bonds is 2. The molecule has 4 aliphatic rings. The molecule has 2 saturated carbocycles. The Kier molecular flexibility index (Phi) is 4.63. The van der Waals surface area contributed by atoms with E-state index in [1.165, 1.54) is 57.8 Å². The molecule has 5 nitrogen and oxygen atoms in total. The van der Waals surface area contributed by atoms with Gasteiger partial charge in [-0.25, -0.2) is 0 Å². The van der Waals surface area contributed by atoms with Gasteiger partial charge >= 0.3 is 11.1 Å². The number of benzene rings is 1. The first-order valence-corrected chi connectivity index (χ1v) is 12.2. The first-order valence-electron chi connectivity index (χ1n) is 12.2. The minimum absolute atomic E-state index is 0.138. The Hall–Kier alpha value is -1.88. The molecule has 0 amide bonds. The molecule has 0 unspecified atom stereocenters. The van der Waals surface area contributed by atoms with Gasteiger partial charge in [-0.2, -0.15) is 0 Å². The van der Waals surface area contributed by atoms with Crippen LogP contribution in [0.1, 0.15) is 76.7 Å². The third kappa shape index (κ3) is 3.08. The molecule has 2 aliphatic heterocycles. The molecular weight excluding hydrogens is 374 g/mol. The lowest BCUT2D eigenvalue weighted by atomic mass is 9.68. The molecule has 4 fully saturated rings. The molecule has 1 N–H and O–H groups in total. The molecule has 1 aromatic heterocycles. The number of H-pyrrole nitrogens is 1. The Bertz CT molecular complexity index is 1030. The number of piperidine rings is 2. The molecule has 1 aromatic carbocycles. The molecule has 0 spiro atoms. The van der Waals surface area contributed by atoms with Crippen molar-refractivity contribution in [1.29, 1.82) is 0 Å². The van der Waals surface area contributed by atoms with E-state index in [1.54, 1.807) is 0 Å². The van der Waals surface area contributed by atoms with Gasteiger partial charge in [0.2, 0.25) is 0 Å². The highest BCUT2D eigenvalue weighted by Gasteiger charge is 2.45. The molecular formula is C25H33N3O2. The normalized spacial score (nSPS) is 36.7. The van der Waals surface area contributed by atoms with Gasteiger partial charge in [0.25, 0.3) is 0 Å². The Balaban J connectivity index is 1.33. The van der Waals surface area contributed by atoms with Crippen LogP contribution in [-0.4, -0.2) is 32.6 Å². The molecule has 2 aromatic rings. The van der Waals surface area contributed by atoms with Crippen LogP contribution in [0.3, 0.4) is 0 Å². The van der Waals surface area contributed by atoms with E-state index in [1.807, 2.05) is 28.8 Å². The van der Waals surface area contributed by atoms with Crippen LogP contribution < -0.4 is 11.1 Å². The second-order valence-corrected chi connectivity index (χ2v) is 10.5. The van der Waals surface area contributed by atoms with Gasteiger partial charge in [0.1, 0.15) is 0 Å². The van der Waals surface area contributed by atoms with Crippen molar-refractivity contribution in [3.63, 3.8) is 0 Å². The van der Waals surface area contributed by atoms with Crippen LogP contribution >= 0.6 is 0 Å². The summed E-state index contributed by atoms with van der Waals surface area (Å²) in [4.78, 5) is 31.0. The van der Waals surface area contributed by atoms with Crippen LogP contribution in [0, 0.1) is 11.8 Å². The fourth-order valence-corrected chi connectivity index (χ4v) is 7.68. The fourth-order valence-electron chi connectivity index (χ4n) is 7.68. The number of nitrogens with one attached hydrogen (secondary N) is 1. The quantitative estimate of drug-likeness (QED) is 0.759. The zero-order chi connectivity index (χ0) is 20.2. The first kappa shape index (κ1) is 18.9. The summed E-state index contributed by atoms with van der Waals surface area (Å²) in [6, 6.07) is 9.79. The zero-order valence-corrected chi connectivity index (χ0v) is 17.8. The van der Waals surface area contributed by atoms with E-state index >= 15 is 0 Å². The van der Waals surface area contributed by atoms with E-state index in [0.717, 1.165) is 41.8 Å². The molecule has 160 valence electrons. The number of nitrogens with zero attached hydrogens (tertiary/aromatic N) is 2. The molecule has 0 radical (unpaired) electrons. The molecule has 6 atom stereocenters. The van der Waals surface area contributed by atoms with Crippen molar-refractivity contribution in [2.75, 3.05) is 0 Å². The summed E-state index contributed by atoms with van der Waals surface area (Å²) in [7, 11) is 0. The van der Waals surface area contributed by atoms with Gasteiger partial charge in [-0.3, -0.25) is 19.1 Å². The Morgan fingerprint density at radius 2 is 1.40 bits per heavy atom. The Morgan fingerprint density at radius 3 is 2.13 bits per heavy atom. The van der Waals surface area contributed by atoms with Crippen molar-refractivity contribution in [3.05, 3.63) is 45.0 Å². The van der Waals surface area contributed by atoms with E-state index in [9.17, 15) is 9.59 Å². The predicted octanol–water partition coefficient (Wildman–Crippen LogP) is 4.22. The highest BCUT2D eigenvalue weighted by Crippen LogP contribution is 2.47. The molecule has 6 rings (SSSR count). The van der Waals surface area contributed by atoms with Gasteiger partial charge in [-0.05, 0) is 68.9 Å². The Labute approximate surface area is 177 Å². The van der Waals surface area contributed by atoms with Crippen molar-refractivity contribution in [2.45, 2.75) is 94.8 Å². The maximum atomic E-state index is 12.9. The summed E-state index contributed by atoms with van der Waals surface area (Å²) in [5.74, 6) is 1.89. The first-order chi connectivity index (χ1) is 14.7. The van der Waals surface area contributed by atoms with Crippen LogP contribution in [0.15, 0.2) is 33.9 Å². The smallest absolute Gasteiger partial charge is 0.316 e. The van der Waals surface area contributed by atoms with E-state index in [2.05, 4.69) is 9.88 Å². The van der Waals surface area contributed by atoms with E-state index in [-0.39, 0.29) is 11.6 Å². The Morgan fingerprint density at radius 1 is 0.733 bits per heavy atom. The lowest BCUT2D eigenvalue weighted by Gasteiger charge is -2.55. The second kappa shape index (κ2) is 7.37. The third-order valence-electron chi connectivity index (χ3n) is 8.72. The van der Waals surface area contributed by atoms with Gasteiger partial charge in [-0.15, -0.1) is 0 Å². The van der Waals surface area contributed by atoms with Crippen LogP contribution in [0.5, 0.6) is 0 Å². The largest absolute Gasteiger partial charge is 0.316 e. The number of hydrogen-bond donors (Lipinski definition) is 1. The highest BCUT2D eigenvalue weighted by molar-refractivity contribution is 5.74. The van der Waals surface area contributed by atoms with Gasteiger partial charge < -0.3 is 4.98 Å². The summed E-state index contributed by atoms with van der Waals surface area (Å²) >= 11 is 0. The SMILES string of the molecule is O=c1[nH]c2ccccc2n([C@H]2C[C@H]3CCC[C@@H](C2)N3[C@H]2C[C@@H]3CCC[C@@H](C3)C2)c1=O.